The number of nitrogens with zero attached hydrogens (tertiary/aromatic N) is 2. The van der Waals surface area contributed by atoms with Crippen molar-refractivity contribution in [2.75, 3.05) is 26.2 Å². The summed E-state index contributed by atoms with van der Waals surface area (Å²) in [5.74, 6) is 0.555. The molecule has 0 radical (unpaired) electrons. The number of carbonyl (C=O) groups is 1. The lowest BCUT2D eigenvalue weighted by Gasteiger charge is -2.30. The molecule has 4 nitrogen and oxygen atoms in total. The molecule has 3 heterocycles. The Morgan fingerprint density at radius 2 is 1.97 bits per heavy atom. The third-order valence-electron chi connectivity index (χ3n) is 5.82. The molecule has 0 atom stereocenters. The van der Waals surface area contributed by atoms with Crippen LogP contribution in [-0.4, -0.2) is 41.6 Å². The van der Waals surface area contributed by atoms with E-state index in [0.717, 1.165) is 34.7 Å². The zero-order valence-corrected chi connectivity index (χ0v) is 17.7. The normalized spacial score (nSPS) is 15.8. The minimum absolute atomic E-state index is 0.0391. The van der Waals surface area contributed by atoms with Crippen LogP contribution >= 0.6 is 11.3 Å². The Morgan fingerprint density at radius 3 is 2.72 bits per heavy atom. The molecule has 154 valence electrons. The zero-order chi connectivity index (χ0) is 20.2. The van der Waals surface area contributed by atoms with E-state index in [4.69, 9.17) is 0 Å². The Hall–Kier alpha value is -2.18. The number of amides is 1. The fourth-order valence-electron chi connectivity index (χ4n) is 3.99. The SMILES string of the molecule is CC1CCN(CCCNC(=O)c2cc3sccc3n2Cc2ccc(F)cc2)CC1. The highest BCUT2D eigenvalue weighted by atomic mass is 32.1. The second kappa shape index (κ2) is 9.09. The number of rotatable bonds is 7. The lowest BCUT2D eigenvalue weighted by molar-refractivity contribution is 0.0942. The Kier molecular flexibility index (Phi) is 6.31. The number of benzene rings is 1. The van der Waals surface area contributed by atoms with Crippen LogP contribution in [0.5, 0.6) is 0 Å². The van der Waals surface area contributed by atoms with Gasteiger partial charge in [-0.2, -0.15) is 0 Å². The van der Waals surface area contributed by atoms with Crippen molar-refractivity contribution >= 4 is 27.5 Å². The highest BCUT2D eigenvalue weighted by molar-refractivity contribution is 7.17. The molecular formula is C23H28FN3OS. The van der Waals surface area contributed by atoms with Gasteiger partial charge in [-0.25, -0.2) is 4.39 Å². The fraction of sp³-hybridized carbons (Fsp3) is 0.435. The van der Waals surface area contributed by atoms with Gasteiger partial charge >= 0.3 is 0 Å². The fourth-order valence-corrected chi connectivity index (χ4v) is 4.81. The number of aromatic nitrogens is 1. The first kappa shape index (κ1) is 20.1. The molecule has 0 bridgehead atoms. The molecule has 1 saturated heterocycles. The van der Waals surface area contributed by atoms with Crippen molar-refractivity contribution in [3.63, 3.8) is 0 Å². The van der Waals surface area contributed by atoms with Gasteiger partial charge in [0, 0.05) is 13.1 Å². The van der Waals surface area contributed by atoms with Crippen molar-refractivity contribution in [2.24, 2.45) is 5.92 Å². The third-order valence-corrected chi connectivity index (χ3v) is 6.68. The standard InChI is InChI=1S/C23H28FN3OS/c1-17-7-12-26(13-8-17)11-2-10-25-23(28)21-15-22-20(9-14-29-22)27(21)16-18-3-5-19(24)6-4-18/h3-6,9,14-15,17H,2,7-8,10-13,16H2,1H3,(H,25,28). The van der Waals surface area contributed by atoms with Gasteiger partial charge < -0.3 is 14.8 Å². The summed E-state index contributed by atoms with van der Waals surface area (Å²) < 4.78 is 16.4. The lowest BCUT2D eigenvalue weighted by atomic mass is 9.99. The van der Waals surface area contributed by atoms with Gasteiger partial charge in [0.1, 0.15) is 11.5 Å². The summed E-state index contributed by atoms with van der Waals surface area (Å²) in [6.07, 6.45) is 3.52. The molecular weight excluding hydrogens is 385 g/mol. The van der Waals surface area contributed by atoms with Gasteiger partial charge in [-0.15, -0.1) is 11.3 Å². The topological polar surface area (TPSA) is 37.3 Å². The number of nitrogens with one attached hydrogen (secondary N) is 1. The van der Waals surface area contributed by atoms with E-state index in [1.54, 1.807) is 23.5 Å². The van der Waals surface area contributed by atoms with Crippen molar-refractivity contribution in [3.8, 4) is 0 Å². The van der Waals surface area contributed by atoms with E-state index in [2.05, 4.69) is 17.1 Å². The third kappa shape index (κ3) is 4.87. The van der Waals surface area contributed by atoms with E-state index >= 15 is 0 Å². The molecule has 0 unspecified atom stereocenters. The van der Waals surface area contributed by atoms with E-state index in [-0.39, 0.29) is 11.7 Å². The average molecular weight is 414 g/mol. The molecule has 1 amide bonds. The minimum Gasteiger partial charge on any atom is -0.351 e. The Balaban J connectivity index is 1.38. The van der Waals surface area contributed by atoms with Crippen molar-refractivity contribution in [1.82, 2.24) is 14.8 Å². The van der Waals surface area contributed by atoms with Gasteiger partial charge in [-0.3, -0.25) is 4.79 Å². The van der Waals surface area contributed by atoms with Crippen molar-refractivity contribution in [3.05, 3.63) is 58.9 Å². The van der Waals surface area contributed by atoms with Gasteiger partial charge in [-0.1, -0.05) is 19.1 Å². The maximum absolute atomic E-state index is 13.2. The van der Waals surface area contributed by atoms with Crippen LogP contribution in [0.4, 0.5) is 4.39 Å². The van der Waals surface area contributed by atoms with E-state index in [0.29, 0.717) is 18.8 Å². The molecule has 29 heavy (non-hydrogen) atoms. The molecule has 1 aromatic carbocycles. The Bertz CT molecular complexity index is 954. The Morgan fingerprint density at radius 1 is 1.21 bits per heavy atom. The molecule has 3 aromatic rings. The number of halogens is 1. The quantitative estimate of drug-likeness (QED) is 0.568. The van der Waals surface area contributed by atoms with Crippen LogP contribution < -0.4 is 5.32 Å². The van der Waals surface area contributed by atoms with Crippen LogP contribution in [0, 0.1) is 11.7 Å². The lowest BCUT2D eigenvalue weighted by Crippen LogP contribution is -2.35. The van der Waals surface area contributed by atoms with Crippen LogP contribution in [0.15, 0.2) is 41.8 Å². The molecule has 1 aliphatic heterocycles. The molecule has 0 saturated carbocycles. The minimum atomic E-state index is -0.247. The summed E-state index contributed by atoms with van der Waals surface area (Å²) in [7, 11) is 0. The van der Waals surface area contributed by atoms with Crippen LogP contribution in [0.25, 0.3) is 10.2 Å². The molecule has 1 fully saturated rings. The van der Waals surface area contributed by atoms with Gasteiger partial charge in [0.15, 0.2) is 0 Å². The first-order chi connectivity index (χ1) is 14.1. The largest absolute Gasteiger partial charge is 0.351 e. The molecule has 6 heteroatoms. The Labute approximate surface area is 175 Å². The maximum Gasteiger partial charge on any atom is 0.267 e. The van der Waals surface area contributed by atoms with Gasteiger partial charge in [0.2, 0.25) is 0 Å². The average Bonchev–Trinajstić information content (AvgIpc) is 3.31. The van der Waals surface area contributed by atoms with Gasteiger partial charge in [0.25, 0.3) is 5.91 Å². The summed E-state index contributed by atoms with van der Waals surface area (Å²) in [4.78, 5) is 15.4. The number of hydrogen-bond acceptors (Lipinski definition) is 3. The number of carbonyl (C=O) groups excluding carboxylic acids is 1. The van der Waals surface area contributed by atoms with E-state index in [1.165, 1.54) is 38.1 Å². The molecule has 4 rings (SSSR count). The van der Waals surface area contributed by atoms with Crippen LogP contribution in [-0.2, 0) is 6.54 Å². The number of fused-ring (bicyclic) bond motifs is 1. The molecule has 2 aromatic heterocycles. The van der Waals surface area contributed by atoms with Crippen molar-refractivity contribution in [1.29, 1.82) is 0 Å². The summed E-state index contributed by atoms with van der Waals surface area (Å²) in [6.45, 7) is 6.94. The first-order valence-corrected chi connectivity index (χ1v) is 11.3. The second-order valence-corrected chi connectivity index (χ2v) is 8.99. The van der Waals surface area contributed by atoms with E-state index in [9.17, 15) is 9.18 Å². The maximum atomic E-state index is 13.2. The molecule has 1 N–H and O–H groups in total. The highest BCUT2D eigenvalue weighted by Gasteiger charge is 2.18. The second-order valence-electron chi connectivity index (χ2n) is 8.05. The summed E-state index contributed by atoms with van der Waals surface area (Å²) in [6, 6.07) is 10.5. The number of likely N-dealkylation sites (tertiary alicyclic amines) is 1. The van der Waals surface area contributed by atoms with Gasteiger partial charge in [0.05, 0.1) is 10.2 Å². The van der Waals surface area contributed by atoms with Gasteiger partial charge in [-0.05, 0) is 80.0 Å². The highest BCUT2D eigenvalue weighted by Crippen LogP contribution is 2.26. The predicted molar refractivity (Wildman–Crippen MR) is 117 cm³/mol. The summed E-state index contributed by atoms with van der Waals surface area (Å²) in [5.41, 5.74) is 2.69. The van der Waals surface area contributed by atoms with Crippen LogP contribution in [0.3, 0.4) is 0 Å². The predicted octanol–water partition coefficient (Wildman–Crippen LogP) is 4.74. The summed E-state index contributed by atoms with van der Waals surface area (Å²) in [5, 5.41) is 5.13. The van der Waals surface area contributed by atoms with Crippen LogP contribution in [0.1, 0.15) is 42.2 Å². The number of hydrogen-bond donors (Lipinski definition) is 1. The smallest absolute Gasteiger partial charge is 0.267 e. The summed E-state index contributed by atoms with van der Waals surface area (Å²) >= 11 is 1.63. The van der Waals surface area contributed by atoms with E-state index in [1.807, 2.05) is 22.1 Å². The van der Waals surface area contributed by atoms with Crippen LogP contribution in [0.2, 0.25) is 0 Å². The number of thiophene rings is 1. The zero-order valence-electron chi connectivity index (χ0n) is 16.9. The molecule has 1 aliphatic rings. The molecule has 0 aliphatic carbocycles. The number of piperidine rings is 1. The first-order valence-electron chi connectivity index (χ1n) is 10.4. The van der Waals surface area contributed by atoms with E-state index < -0.39 is 0 Å². The molecule has 0 spiro atoms. The monoisotopic (exact) mass is 413 g/mol. The van der Waals surface area contributed by atoms with Crippen molar-refractivity contribution in [2.45, 2.75) is 32.7 Å². The van der Waals surface area contributed by atoms with Crippen molar-refractivity contribution < 1.29 is 9.18 Å².